The summed E-state index contributed by atoms with van der Waals surface area (Å²) in [7, 11) is 0. The number of aliphatic hydroxyl groups excluding tert-OH is 1. The van der Waals surface area contributed by atoms with Crippen molar-refractivity contribution in [2.75, 3.05) is 25.1 Å². The maximum atomic E-state index is 16.4. The molecule has 0 amide bonds. The average molecular weight is 477 g/mol. The molecule has 5 rings (SSSR count). The quantitative estimate of drug-likeness (QED) is 0.525. The number of halogens is 1. The van der Waals surface area contributed by atoms with E-state index in [4.69, 9.17) is 25.4 Å². The lowest BCUT2D eigenvalue weighted by atomic mass is 9.96. The van der Waals surface area contributed by atoms with Gasteiger partial charge in [-0.05, 0) is 38.5 Å². The molecule has 3 aliphatic rings. The zero-order valence-corrected chi connectivity index (χ0v) is 18.6. The Bertz CT molecular complexity index is 1110. The van der Waals surface area contributed by atoms with E-state index in [0.717, 1.165) is 32.1 Å². The predicted molar refractivity (Wildman–Crippen MR) is 117 cm³/mol. The first-order chi connectivity index (χ1) is 16.5. The summed E-state index contributed by atoms with van der Waals surface area (Å²) in [6.07, 6.45) is 7.25. The van der Waals surface area contributed by atoms with Gasteiger partial charge in [0.05, 0.1) is 12.9 Å². The number of aromatic amines is 1. The lowest BCUT2D eigenvalue weighted by molar-refractivity contribution is -0.211. The van der Waals surface area contributed by atoms with E-state index in [1.807, 2.05) is 0 Å². The normalized spacial score (nSPS) is 34.2. The van der Waals surface area contributed by atoms with Crippen LogP contribution in [0.25, 0.3) is 11.2 Å². The number of rotatable bonds is 6. The topological polar surface area (TPSA) is 133 Å². The van der Waals surface area contributed by atoms with Crippen LogP contribution in [0.1, 0.15) is 44.8 Å². The van der Waals surface area contributed by atoms with Gasteiger partial charge in [0, 0.05) is 13.2 Å². The first kappa shape index (κ1) is 23.2. The highest BCUT2D eigenvalue weighted by Gasteiger charge is 2.60. The molecule has 6 atom stereocenters. The van der Waals surface area contributed by atoms with Crippen LogP contribution in [0.4, 0.5) is 10.3 Å². The van der Waals surface area contributed by atoms with Crippen LogP contribution in [-0.2, 0) is 18.9 Å². The molecule has 0 saturated carbocycles. The van der Waals surface area contributed by atoms with E-state index in [9.17, 15) is 9.90 Å². The Labute approximate surface area is 195 Å². The minimum Gasteiger partial charge on any atom is -0.394 e. The number of hydrogen-bond acceptors (Lipinski definition) is 9. The van der Waals surface area contributed by atoms with Crippen LogP contribution in [0.15, 0.2) is 11.1 Å². The van der Waals surface area contributed by atoms with E-state index in [2.05, 4.69) is 26.2 Å². The van der Waals surface area contributed by atoms with Crippen LogP contribution >= 0.6 is 0 Å². The predicted octanol–water partition coefficient (Wildman–Crippen LogP) is 1.20. The molecular weight excluding hydrogens is 449 g/mol. The summed E-state index contributed by atoms with van der Waals surface area (Å²) in [4.78, 5) is 23.8. The number of aliphatic hydroxyl groups is 1. The second-order valence-electron chi connectivity index (χ2n) is 8.71. The molecule has 34 heavy (non-hydrogen) atoms. The van der Waals surface area contributed by atoms with Gasteiger partial charge in [-0.25, -0.2) is 9.37 Å². The minimum atomic E-state index is -2.48. The van der Waals surface area contributed by atoms with E-state index < -0.39 is 42.6 Å². The molecule has 11 nitrogen and oxygen atoms in total. The number of ether oxygens (including phenoxy) is 4. The Balaban J connectivity index is 1.47. The molecule has 0 radical (unpaired) electrons. The number of nitrogens with zero attached hydrogens (tertiary/aromatic N) is 3. The second-order valence-corrected chi connectivity index (χ2v) is 8.71. The van der Waals surface area contributed by atoms with E-state index >= 15 is 4.39 Å². The van der Waals surface area contributed by atoms with Crippen molar-refractivity contribution in [1.29, 1.82) is 0 Å². The molecule has 12 heteroatoms. The summed E-state index contributed by atoms with van der Waals surface area (Å²) in [5.41, 5.74) is -2.91. The molecule has 5 heterocycles. The lowest BCUT2D eigenvalue weighted by Gasteiger charge is -2.31. The molecule has 0 aromatic carbocycles. The number of imidazole rings is 1. The second kappa shape index (κ2) is 9.59. The molecule has 0 aliphatic carbocycles. The number of alkyl halides is 1. The zero-order valence-electron chi connectivity index (χ0n) is 18.6. The van der Waals surface area contributed by atoms with Crippen molar-refractivity contribution in [1.82, 2.24) is 19.5 Å². The standard InChI is InChI=1S/C22H28FN5O6/c1-2-22(23)17(34-15-8-4-6-10-32-15)13(11-29)33-20(22)28-12-24-16-18(28)26-21(27-19(16)30)25-14-7-3-5-9-31-14/h1,12-15,17,20,29H,3-11H2,(H2,25,26,27,30)/t13-,14?,15?,17-,20+,22-/m1/s1. The van der Waals surface area contributed by atoms with Crippen molar-refractivity contribution in [2.24, 2.45) is 0 Å². The Morgan fingerprint density at radius 3 is 2.79 bits per heavy atom. The molecule has 2 aromatic rings. The number of fused-ring (bicyclic) bond motifs is 1. The van der Waals surface area contributed by atoms with E-state index in [-0.39, 0.29) is 23.3 Å². The van der Waals surface area contributed by atoms with Crippen LogP contribution in [-0.4, -0.2) is 74.8 Å². The summed E-state index contributed by atoms with van der Waals surface area (Å²) >= 11 is 0. The lowest BCUT2D eigenvalue weighted by Crippen LogP contribution is -2.46. The molecule has 2 unspecified atom stereocenters. The monoisotopic (exact) mass is 477 g/mol. The number of H-pyrrole nitrogens is 1. The molecule has 0 spiro atoms. The fourth-order valence-electron chi connectivity index (χ4n) is 4.65. The Morgan fingerprint density at radius 1 is 1.32 bits per heavy atom. The molecule has 3 N–H and O–H groups in total. The van der Waals surface area contributed by atoms with Gasteiger partial charge in [-0.2, -0.15) is 4.98 Å². The Morgan fingerprint density at radius 2 is 2.12 bits per heavy atom. The highest BCUT2D eigenvalue weighted by atomic mass is 19.1. The van der Waals surface area contributed by atoms with E-state index in [1.54, 1.807) is 0 Å². The maximum Gasteiger partial charge on any atom is 0.280 e. The summed E-state index contributed by atoms with van der Waals surface area (Å²) in [6.45, 7) is 0.590. The summed E-state index contributed by atoms with van der Waals surface area (Å²) in [6, 6.07) is 0. The summed E-state index contributed by atoms with van der Waals surface area (Å²) < 4.78 is 40.6. The average Bonchev–Trinajstić information content (AvgIpc) is 3.40. The third-order valence-electron chi connectivity index (χ3n) is 6.41. The third-order valence-corrected chi connectivity index (χ3v) is 6.41. The van der Waals surface area contributed by atoms with E-state index in [0.29, 0.717) is 19.6 Å². The van der Waals surface area contributed by atoms with Crippen molar-refractivity contribution < 1.29 is 28.4 Å². The first-order valence-electron chi connectivity index (χ1n) is 11.6. The molecule has 3 saturated heterocycles. The molecule has 2 aromatic heterocycles. The fourth-order valence-corrected chi connectivity index (χ4v) is 4.65. The molecule has 184 valence electrons. The van der Waals surface area contributed by atoms with Crippen molar-refractivity contribution in [3.8, 4) is 12.3 Å². The van der Waals surface area contributed by atoms with Gasteiger partial charge in [-0.15, -0.1) is 6.42 Å². The highest BCUT2D eigenvalue weighted by molar-refractivity contribution is 5.71. The Hall–Kier alpha value is -2.56. The van der Waals surface area contributed by atoms with Crippen LogP contribution in [0.3, 0.4) is 0 Å². The van der Waals surface area contributed by atoms with E-state index in [1.165, 1.54) is 10.9 Å². The fraction of sp³-hybridized carbons (Fsp3) is 0.682. The Kier molecular flexibility index (Phi) is 6.54. The number of anilines is 1. The number of hydrogen-bond donors (Lipinski definition) is 3. The van der Waals surface area contributed by atoms with Crippen molar-refractivity contribution in [2.45, 2.75) is 75.1 Å². The van der Waals surface area contributed by atoms with Gasteiger partial charge >= 0.3 is 0 Å². The van der Waals surface area contributed by atoms with Crippen LogP contribution in [0.2, 0.25) is 0 Å². The van der Waals surface area contributed by atoms with Gasteiger partial charge in [0.15, 0.2) is 23.7 Å². The van der Waals surface area contributed by atoms with Crippen LogP contribution in [0.5, 0.6) is 0 Å². The number of nitrogens with one attached hydrogen (secondary N) is 2. The largest absolute Gasteiger partial charge is 0.394 e. The van der Waals surface area contributed by atoms with Gasteiger partial charge in [0.2, 0.25) is 11.6 Å². The zero-order chi connectivity index (χ0) is 23.7. The van der Waals surface area contributed by atoms with Crippen molar-refractivity contribution in [3.63, 3.8) is 0 Å². The SMILES string of the molecule is C#C[C@@]1(F)[C@H](OC2CCCCO2)[C@@H](CO)O[C@@H]1n1cnc2c(=O)[nH]c(NC3CCCCO3)nc21. The molecule has 0 bridgehead atoms. The van der Waals surface area contributed by atoms with Crippen LogP contribution < -0.4 is 10.9 Å². The van der Waals surface area contributed by atoms with Crippen molar-refractivity contribution >= 4 is 17.1 Å². The highest BCUT2D eigenvalue weighted by Crippen LogP contribution is 2.44. The number of aromatic nitrogens is 4. The molecule has 3 aliphatic heterocycles. The first-order valence-corrected chi connectivity index (χ1v) is 11.6. The van der Waals surface area contributed by atoms with Gasteiger partial charge < -0.3 is 29.4 Å². The van der Waals surface area contributed by atoms with Gasteiger partial charge in [0.25, 0.3) is 5.56 Å². The number of terminal acetylenes is 1. The minimum absolute atomic E-state index is 0.00128. The van der Waals surface area contributed by atoms with Gasteiger partial charge in [-0.3, -0.25) is 14.3 Å². The van der Waals surface area contributed by atoms with Crippen LogP contribution in [0, 0.1) is 12.3 Å². The van der Waals surface area contributed by atoms with Gasteiger partial charge in [-0.1, -0.05) is 5.92 Å². The van der Waals surface area contributed by atoms with Gasteiger partial charge in [0.1, 0.15) is 18.4 Å². The smallest absolute Gasteiger partial charge is 0.280 e. The molecule has 3 fully saturated rings. The summed E-state index contributed by atoms with van der Waals surface area (Å²) in [5, 5.41) is 12.9. The van der Waals surface area contributed by atoms with Crippen molar-refractivity contribution in [3.05, 3.63) is 16.7 Å². The maximum absolute atomic E-state index is 16.4. The third kappa shape index (κ3) is 4.18. The summed E-state index contributed by atoms with van der Waals surface area (Å²) in [5.74, 6) is 2.32. The molecular formula is C22H28FN5O6.